The van der Waals surface area contributed by atoms with Gasteiger partial charge in [0.1, 0.15) is 13.2 Å². The highest BCUT2D eigenvalue weighted by molar-refractivity contribution is 5.71. The van der Waals surface area contributed by atoms with Crippen molar-refractivity contribution in [3.63, 3.8) is 0 Å². The molecular weight excluding hydrogens is 889 g/mol. The number of carbonyl (C=O) groups is 3. The van der Waals surface area contributed by atoms with E-state index in [0.29, 0.717) is 19.3 Å². The zero-order valence-electron chi connectivity index (χ0n) is 48.5. The van der Waals surface area contributed by atoms with Gasteiger partial charge < -0.3 is 14.2 Å². The molecular formula is C66H122O6. The van der Waals surface area contributed by atoms with Gasteiger partial charge >= 0.3 is 17.9 Å². The molecule has 0 bridgehead atoms. The number of allylic oxidation sites excluding steroid dienone is 6. The van der Waals surface area contributed by atoms with Crippen LogP contribution < -0.4 is 0 Å². The maximum Gasteiger partial charge on any atom is 0.306 e. The van der Waals surface area contributed by atoms with Crippen molar-refractivity contribution in [3.8, 4) is 0 Å². The van der Waals surface area contributed by atoms with Gasteiger partial charge in [-0.15, -0.1) is 0 Å². The second-order valence-electron chi connectivity index (χ2n) is 21.7. The summed E-state index contributed by atoms with van der Waals surface area (Å²) in [4.78, 5) is 38.3. The van der Waals surface area contributed by atoms with E-state index in [1.165, 1.54) is 238 Å². The van der Waals surface area contributed by atoms with E-state index in [9.17, 15) is 14.4 Å². The summed E-state index contributed by atoms with van der Waals surface area (Å²) in [6.45, 7) is 6.66. The minimum Gasteiger partial charge on any atom is -0.462 e. The lowest BCUT2D eigenvalue weighted by Gasteiger charge is -2.18. The molecule has 0 N–H and O–H groups in total. The van der Waals surface area contributed by atoms with Crippen molar-refractivity contribution in [2.75, 3.05) is 13.2 Å². The van der Waals surface area contributed by atoms with Gasteiger partial charge in [0.05, 0.1) is 0 Å². The molecule has 0 aliphatic rings. The molecule has 6 heteroatoms. The van der Waals surface area contributed by atoms with Crippen molar-refractivity contribution >= 4 is 17.9 Å². The number of hydrogen-bond acceptors (Lipinski definition) is 6. The Morgan fingerprint density at radius 1 is 0.278 bits per heavy atom. The highest BCUT2D eigenvalue weighted by Crippen LogP contribution is 2.17. The molecule has 422 valence electrons. The zero-order chi connectivity index (χ0) is 52.2. The fourth-order valence-corrected chi connectivity index (χ4v) is 9.53. The molecule has 0 aromatic carbocycles. The van der Waals surface area contributed by atoms with Crippen LogP contribution in [-0.4, -0.2) is 37.2 Å². The highest BCUT2D eigenvalue weighted by atomic mass is 16.6. The van der Waals surface area contributed by atoms with Crippen LogP contribution in [0.4, 0.5) is 0 Å². The van der Waals surface area contributed by atoms with Crippen molar-refractivity contribution in [3.05, 3.63) is 36.5 Å². The van der Waals surface area contributed by atoms with Gasteiger partial charge in [0, 0.05) is 19.3 Å². The third-order valence-corrected chi connectivity index (χ3v) is 14.4. The summed E-state index contributed by atoms with van der Waals surface area (Å²) in [6.07, 6.45) is 74.3. The van der Waals surface area contributed by atoms with Crippen LogP contribution in [0.25, 0.3) is 0 Å². The molecule has 0 saturated heterocycles. The van der Waals surface area contributed by atoms with Crippen LogP contribution in [0.5, 0.6) is 0 Å². The number of carbonyl (C=O) groups excluding carboxylic acids is 3. The molecule has 0 fully saturated rings. The SMILES string of the molecule is CCCCC/C=C\C/C=C\CCCCCCCCCCCC(=O)OC(COC(=O)CCCCCCC/C=C\CCCCCCCC)COC(=O)CCCCCCCCCCCCCCCCCCCCCC. The van der Waals surface area contributed by atoms with Crippen LogP contribution >= 0.6 is 0 Å². The van der Waals surface area contributed by atoms with Crippen LogP contribution in [0.1, 0.15) is 348 Å². The summed E-state index contributed by atoms with van der Waals surface area (Å²) >= 11 is 0. The Morgan fingerprint density at radius 2 is 0.500 bits per heavy atom. The van der Waals surface area contributed by atoms with Crippen LogP contribution in [0.2, 0.25) is 0 Å². The van der Waals surface area contributed by atoms with E-state index in [1.54, 1.807) is 0 Å². The first-order chi connectivity index (χ1) is 35.5. The van der Waals surface area contributed by atoms with E-state index in [2.05, 4.69) is 57.2 Å². The van der Waals surface area contributed by atoms with Gasteiger partial charge in [0.2, 0.25) is 0 Å². The fourth-order valence-electron chi connectivity index (χ4n) is 9.53. The first kappa shape index (κ1) is 69.6. The molecule has 0 rings (SSSR count). The Bertz CT molecular complexity index is 1210. The summed E-state index contributed by atoms with van der Waals surface area (Å²) in [7, 11) is 0. The largest absolute Gasteiger partial charge is 0.462 e. The van der Waals surface area contributed by atoms with Crippen molar-refractivity contribution in [2.45, 2.75) is 354 Å². The Hall–Kier alpha value is -2.37. The van der Waals surface area contributed by atoms with Crippen molar-refractivity contribution in [1.29, 1.82) is 0 Å². The molecule has 0 aliphatic heterocycles. The Balaban J connectivity index is 4.33. The predicted octanol–water partition coefficient (Wildman–Crippen LogP) is 21.6. The molecule has 0 aromatic heterocycles. The normalized spacial score (nSPS) is 12.2. The van der Waals surface area contributed by atoms with Crippen LogP contribution in [0.3, 0.4) is 0 Å². The summed E-state index contributed by atoms with van der Waals surface area (Å²) < 4.78 is 16.9. The molecule has 0 aliphatic carbocycles. The molecule has 0 amide bonds. The molecule has 0 spiro atoms. The number of ether oxygens (including phenoxy) is 3. The van der Waals surface area contributed by atoms with Gasteiger partial charge in [0.25, 0.3) is 0 Å². The monoisotopic (exact) mass is 1010 g/mol. The Morgan fingerprint density at radius 3 is 0.806 bits per heavy atom. The fraction of sp³-hybridized carbons (Fsp3) is 0.864. The Kier molecular flexibility index (Phi) is 59.2. The van der Waals surface area contributed by atoms with Gasteiger partial charge in [-0.3, -0.25) is 14.4 Å². The second-order valence-corrected chi connectivity index (χ2v) is 21.7. The lowest BCUT2D eigenvalue weighted by Crippen LogP contribution is -2.30. The van der Waals surface area contributed by atoms with Crippen molar-refractivity contribution in [1.82, 2.24) is 0 Å². The van der Waals surface area contributed by atoms with E-state index >= 15 is 0 Å². The molecule has 0 heterocycles. The van der Waals surface area contributed by atoms with E-state index in [-0.39, 0.29) is 31.1 Å². The zero-order valence-corrected chi connectivity index (χ0v) is 48.5. The molecule has 0 saturated carbocycles. The first-order valence-corrected chi connectivity index (χ1v) is 32.0. The van der Waals surface area contributed by atoms with Crippen LogP contribution in [-0.2, 0) is 28.6 Å². The van der Waals surface area contributed by atoms with E-state index in [0.717, 1.165) is 70.6 Å². The molecule has 0 radical (unpaired) electrons. The van der Waals surface area contributed by atoms with E-state index in [4.69, 9.17) is 14.2 Å². The van der Waals surface area contributed by atoms with E-state index < -0.39 is 6.10 Å². The Labute approximate surface area is 448 Å². The lowest BCUT2D eigenvalue weighted by atomic mass is 10.0. The first-order valence-electron chi connectivity index (χ1n) is 32.0. The maximum absolute atomic E-state index is 12.9. The summed E-state index contributed by atoms with van der Waals surface area (Å²) in [6, 6.07) is 0. The number of unbranched alkanes of at least 4 members (excludes halogenated alkanes) is 42. The average Bonchev–Trinajstić information content (AvgIpc) is 3.38. The second kappa shape index (κ2) is 61.2. The van der Waals surface area contributed by atoms with Crippen LogP contribution in [0, 0.1) is 0 Å². The third kappa shape index (κ3) is 58.5. The van der Waals surface area contributed by atoms with Gasteiger partial charge in [-0.2, -0.15) is 0 Å². The lowest BCUT2D eigenvalue weighted by molar-refractivity contribution is -0.167. The highest BCUT2D eigenvalue weighted by Gasteiger charge is 2.19. The summed E-state index contributed by atoms with van der Waals surface area (Å²) in [5.41, 5.74) is 0. The minimum absolute atomic E-state index is 0.0721. The molecule has 6 nitrogen and oxygen atoms in total. The minimum atomic E-state index is -0.776. The van der Waals surface area contributed by atoms with Crippen molar-refractivity contribution in [2.24, 2.45) is 0 Å². The third-order valence-electron chi connectivity index (χ3n) is 14.4. The predicted molar refractivity (Wildman–Crippen MR) is 312 cm³/mol. The number of esters is 3. The van der Waals surface area contributed by atoms with Gasteiger partial charge in [-0.1, -0.05) is 288 Å². The van der Waals surface area contributed by atoms with Gasteiger partial charge in [-0.25, -0.2) is 0 Å². The van der Waals surface area contributed by atoms with Gasteiger partial charge in [-0.05, 0) is 77.0 Å². The summed E-state index contributed by atoms with van der Waals surface area (Å²) in [5, 5.41) is 0. The maximum atomic E-state index is 12.9. The number of rotatable bonds is 59. The smallest absolute Gasteiger partial charge is 0.306 e. The molecule has 1 atom stereocenters. The number of hydrogen-bond donors (Lipinski definition) is 0. The quantitative estimate of drug-likeness (QED) is 0.0261. The van der Waals surface area contributed by atoms with E-state index in [1.807, 2.05) is 0 Å². The topological polar surface area (TPSA) is 78.9 Å². The molecule has 0 aromatic rings. The van der Waals surface area contributed by atoms with Crippen LogP contribution in [0.15, 0.2) is 36.5 Å². The molecule has 1 unspecified atom stereocenters. The summed E-state index contributed by atoms with van der Waals surface area (Å²) in [5.74, 6) is -0.862. The average molecular weight is 1010 g/mol. The van der Waals surface area contributed by atoms with Gasteiger partial charge in [0.15, 0.2) is 6.10 Å². The molecule has 72 heavy (non-hydrogen) atoms. The standard InChI is InChI=1S/C66H122O6/c1-4-7-10-13-16-19-22-25-28-30-32-34-35-38-41-44-47-50-53-56-59-65(68)71-62-63(61-70-64(67)58-55-52-49-46-43-40-37-27-24-21-18-15-12-9-6-3)72-66(69)60-57-54-51-48-45-42-39-36-33-31-29-26-23-20-17-14-11-8-5-2/h17,20,26-27,29,37,63H,4-16,18-19,21-25,28,30-36,38-62H2,1-3H3/b20-17-,29-26-,37-27-. The van der Waals surface area contributed by atoms with Crippen molar-refractivity contribution < 1.29 is 28.6 Å².